The van der Waals surface area contributed by atoms with E-state index in [1.165, 1.54) is 0 Å². The Balaban J connectivity index is 3.33. The molecule has 0 aromatic rings. The summed E-state index contributed by atoms with van der Waals surface area (Å²) >= 11 is 0. The Morgan fingerprint density at radius 1 is 0.944 bits per heavy atom. The molecule has 0 radical (unpaired) electrons. The minimum Gasteiger partial charge on any atom is -0.403 e. The molecule has 106 valence electrons. The fourth-order valence-corrected chi connectivity index (χ4v) is 0.907. The normalized spacial score (nSPS) is 31.2. The van der Waals surface area contributed by atoms with Gasteiger partial charge in [-0.3, -0.25) is 0 Å². The zero-order valence-electron chi connectivity index (χ0n) is 7.60. The average molecular weight is 294 g/mol. The molecule has 0 amide bonds. The van der Waals surface area contributed by atoms with Gasteiger partial charge in [-0.15, -0.1) is 13.2 Å². The molecule has 1 unspecified atom stereocenters. The molecular weight excluding hydrogens is 294 g/mol. The first-order valence-corrected chi connectivity index (χ1v) is 3.71. The van der Waals surface area contributed by atoms with Crippen molar-refractivity contribution in [3.05, 3.63) is 11.8 Å². The minimum atomic E-state index is -6.45. The largest absolute Gasteiger partial charge is 0.527 e. The van der Waals surface area contributed by atoms with E-state index in [1.807, 2.05) is 4.74 Å². The smallest absolute Gasteiger partial charge is 0.403 e. The summed E-state index contributed by atoms with van der Waals surface area (Å²) in [6, 6.07) is -9.22. The van der Waals surface area contributed by atoms with Gasteiger partial charge in [0.2, 0.25) is 5.83 Å². The lowest BCUT2D eigenvalue weighted by atomic mass is 10.1. The van der Waals surface area contributed by atoms with E-state index in [2.05, 4.69) is 4.74 Å². The van der Waals surface area contributed by atoms with Crippen LogP contribution in [0.3, 0.4) is 0 Å². The van der Waals surface area contributed by atoms with Crippen molar-refractivity contribution >= 4 is 0 Å². The summed E-state index contributed by atoms with van der Waals surface area (Å²) in [5.41, 5.74) is 0. The van der Waals surface area contributed by atoms with Gasteiger partial charge in [-0.2, -0.15) is 30.7 Å². The van der Waals surface area contributed by atoms with Crippen LogP contribution < -0.4 is 0 Å². The van der Waals surface area contributed by atoms with Gasteiger partial charge in [0.05, 0.1) is 0 Å². The molecule has 1 aliphatic heterocycles. The SMILES string of the molecule is FC1=C(F)C(F)(F)C(F)(F)C(F)(OC(F)(F)F)O1. The van der Waals surface area contributed by atoms with Crippen LogP contribution in [0.2, 0.25) is 0 Å². The quantitative estimate of drug-likeness (QED) is 0.688. The maximum Gasteiger partial charge on any atom is 0.527 e. The minimum absolute atomic E-state index is 1.98. The van der Waals surface area contributed by atoms with Crippen LogP contribution >= 0.6 is 0 Å². The fraction of sp³-hybridized carbons (Fsp3) is 0.667. The highest BCUT2D eigenvalue weighted by Crippen LogP contribution is 2.56. The number of hydrogen-bond donors (Lipinski definition) is 0. The van der Waals surface area contributed by atoms with E-state index >= 15 is 0 Å². The molecule has 0 fully saturated rings. The molecular formula is C6F10O2. The zero-order valence-corrected chi connectivity index (χ0v) is 7.60. The molecule has 1 heterocycles. The second kappa shape index (κ2) is 3.65. The monoisotopic (exact) mass is 294 g/mol. The average Bonchev–Trinajstić information content (AvgIpc) is 2.10. The van der Waals surface area contributed by atoms with Crippen LogP contribution in [-0.4, -0.2) is 24.2 Å². The first kappa shape index (κ1) is 14.9. The van der Waals surface area contributed by atoms with Gasteiger partial charge in [-0.1, -0.05) is 0 Å². The van der Waals surface area contributed by atoms with E-state index in [0.29, 0.717) is 0 Å². The van der Waals surface area contributed by atoms with Gasteiger partial charge in [0.15, 0.2) is 0 Å². The third-order valence-corrected chi connectivity index (χ3v) is 1.69. The highest BCUT2D eigenvalue weighted by Gasteiger charge is 2.81. The molecule has 0 saturated heterocycles. The summed E-state index contributed by atoms with van der Waals surface area (Å²) in [6.45, 7) is 0. The van der Waals surface area contributed by atoms with Crippen molar-refractivity contribution < 1.29 is 53.4 Å². The number of allylic oxidation sites excluding steroid dienone is 1. The Hall–Kier alpha value is -1.20. The Bertz CT molecular complexity index is 384. The van der Waals surface area contributed by atoms with Crippen molar-refractivity contribution in [1.82, 2.24) is 0 Å². The van der Waals surface area contributed by atoms with Crippen LogP contribution in [-0.2, 0) is 9.47 Å². The van der Waals surface area contributed by atoms with E-state index in [0.717, 1.165) is 0 Å². The molecule has 18 heavy (non-hydrogen) atoms. The lowest BCUT2D eigenvalue weighted by Gasteiger charge is -2.38. The fourth-order valence-electron chi connectivity index (χ4n) is 0.907. The Morgan fingerprint density at radius 3 is 1.78 bits per heavy atom. The van der Waals surface area contributed by atoms with Crippen LogP contribution in [0.5, 0.6) is 0 Å². The van der Waals surface area contributed by atoms with Crippen LogP contribution in [0.25, 0.3) is 0 Å². The van der Waals surface area contributed by atoms with E-state index in [-0.39, 0.29) is 0 Å². The van der Waals surface area contributed by atoms with Gasteiger partial charge in [-0.05, 0) is 0 Å². The number of rotatable bonds is 1. The summed E-state index contributed by atoms with van der Waals surface area (Å²) in [5.74, 6) is -16.2. The highest BCUT2D eigenvalue weighted by molar-refractivity contribution is 5.18. The van der Waals surface area contributed by atoms with E-state index in [4.69, 9.17) is 0 Å². The topological polar surface area (TPSA) is 18.5 Å². The summed E-state index contributed by atoms with van der Waals surface area (Å²) in [5, 5.41) is 0. The van der Waals surface area contributed by atoms with Crippen molar-refractivity contribution in [3.8, 4) is 0 Å². The van der Waals surface area contributed by atoms with Gasteiger partial charge in [0, 0.05) is 0 Å². The first-order valence-electron chi connectivity index (χ1n) is 3.71. The first-order chi connectivity index (χ1) is 7.75. The third-order valence-electron chi connectivity index (χ3n) is 1.69. The molecule has 1 aliphatic rings. The van der Waals surface area contributed by atoms with Gasteiger partial charge < -0.3 is 4.74 Å². The summed E-state index contributed by atoms with van der Waals surface area (Å²) in [6.07, 6.45) is -6.21. The summed E-state index contributed by atoms with van der Waals surface area (Å²) in [4.78, 5) is 0. The second-order valence-corrected chi connectivity index (χ2v) is 2.92. The van der Waals surface area contributed by atoms with E-state index < -0.39 is 36.1 Å². The molecule has 1 rings (SSSR count). The molecule has 12 heteroatoms. The van der Waals surface area contributed by atoms with E-state index in [1.54, 1.807) is 0 Å². The maximum absolute atomic E-state index is 12.9. The van der Waals surface area contributed by atoms with Gasteiger partial charge in [0.25, 0.3) is 0 Å². The van der Waals surface area contributed by atoms with Crippen LogP contribution in [0, 0.1) is 0 Å². The van der Waals surface area contributed by atoms with Crippen molar-refractivity contribution in [2.24, 2.45) is 0 Å². The third kappa shape index (κ3) is 1.97. The van der Waals surface area contributed by atoms with Crippen molar-refractivity contribution in [1.29, 1.82) is 0 Å². The molecule has 0 bridgehead atoms. The summed E-state index contributed by atoms with van der Waals surface area (Å²) in [7, 11) is 0. The Kier molecular flexibility index (Phi) is 3.01. The zero-order chi connectivity index (χ0) is 14.6. The second-order valence-electron chi connectivity index (χ2n) is 2.92. The molecule has 0 saturated carbocycles. The predicted molar refractivity (Wildman–Crippen MR) is 31.2 cm³/mol. The molecule has 0 N–H and O–H groups in total. The predicted octanol–water partition coefficient (Wildman–Crippen LogP) is 3.55. The number of ether oxygens (including phenoxy) is 2. The van der Waals surface area contributed by atoms with Gasteiger partial charge >= 0.3 is 30.3 Å². The molecule has 0 aromatic heterocycles. The van der Waals surface area contributed by atoms with Crippen molar-refractivity contribution in [3.63, 3.8) is 0 Å². The van der Waals surface area contributed by atoms with Crippen molar-refractivity contribution in [2.75, 3.05) is 0 Å². The lowest BCUT2D eigenvalue weighted by Crippen LogP contribution is -2.63. The standard InChI is InChI=1S/C6F10O2/c7-1-2(8)17-5(13,18-6(14,15)16)4(11,12)3(1,9)10. The number of alkyl halides is 8. The molecule has 0 aromatic carbocycles. The van der Waals surface area contributed by atoms with E-state index in [9.17, 15) is 43.9 Å². The molecule has 1 atom stereocenters. The number of halogens is 10. The highest BCUT2D eigenvalue weighted by atomic mass is 19.4. The maximum atomic E-state index is 12.9. The number of hydrogen-bond acceptors (Lipinski definition) is 2. The molecule has 0 spiro atoms. The Labute approximate surface area is 90.8 Å². The summed E-state index contributed by atoms with van der Waals surface area (Å²) < 4.78 is 127. The van der Waals surface area contributed by atoms with Crippen LogP contribution in [0.4, 0.5) is 43.9 Å². The molecule has 0 aliphatic carbocycles. The Morgan fingerprint density at radius 2 is 1.39 bits per heavy atom. The van der Waals surface area contributed by atoms with Crippen LogP contribution in [0.15, 0.2) is 11.8 Å². The molecule has 2 nitrogen and oxygen atoms in total. The van der Waals surface area contributed by atoms with Gasteiger partial charge in [0.1, 0.15) is 0 Å². The van der Waals surface area contributed by atoms with Crippen molar-refractivity contribution in [2.45, 2.75) is 24.2 Å². The van der Waals surface area contributed by atoms with Gasteiger partial charge in [-0.25, -0.2) is 4.74 Å². The van der Waals surface area contributed by atoms with Crippen LogP contribution in [0.1, 0.15) is 0 Å². The lowest BCUT2D eigenvalue weighted by molar-refractivity contribution is -0.516.